The molecular weight excluding hydrogens is 545 g/mol. The molecule has 0 aliphatic rings. The molecule has 0 aliphatic carbocycles. The number of hydrogen-bond acceptors (Lipinski definition) is 8. The quantitative estimate of drug-likeness (QED) is 0.178. The third kappa shape index (κ3) is 9.95. The highest BCUT2D eigenvalue weighted by atomic mass is 19.4. The summed E-state index contributed by atoms with van der Waals surface area (Å²) in [7, 11) is 0. The number of alkyl carbamates (subject to hydrolysis) is 1. The number of halogens is 3. The van der Waals surface area contributed by atoms with E-state index in [1.165, 1.54) is 0 Å². The SMILES string of the molecule is Cc1cc(C(CC(=O)OC(=O)C(F)(F)F)NC(=O)CNC(=O)OCCNc2ccccn2)ccc1-c1ccccc1. The van der Waals surface area contributed by atoms with Crippen molar-refractivity contribution in [1.29, 1.82) is 0 Å². The minimum Gasteiger partial charge on any atom is -0.448 e. The van der Waals surface area contributed by atoms with E-state index in [0.717, 1.165) is 16.7 Å². The van der Waals surface area contributed by atoms with E-state index in [9.17, 15) is 32.3 Å². The number of benzene rings is 2. The summed E-state index contributed by atoms with van der Waals surface area (Å²) in [6, 6.07) is 18.4. The maximum atomic E-state index is 12.6. The largest absolute Gasteiger partial charge is 0.491 e. The Morgan fingerprint density at radius 2 is 1.71 bits per heavy atom. The summed E-state index contributed by atoms with van der Waals surface area (Å²) in [5, 5.41) is 7.67. The third-order valence-electron chi connectivity index (χ3n) is 5.58. The molecule has 10 nitrogen and oxygen atoms in total. The van der Waals surface area contributed by atoms with Crippen LogP contribution in [0.1, 0.15) is 23.6 Å². The number of rotatable bonds is 11. The molecule has 0 saturated heterocycles. The maximum Gasteiger partial charge on any atom is 0.491 e. The molecule has 216 valence electrons. The molecule has 1 atom stereocenters. The molecule has 1 unspecified atom stereocenters. The number of aryl methyl sites for hydroxylation is 1. The van der Waals surface area contributed by atoms with Gasteiger partial charge in [-0.05, 0) is 41.3 Å². The molecule has 0 fully saturated rings. The normalized spacial score (nSPS) is 11.6. The van der Waals surface area contributed by atoms with Gasteiger partial charge in [0.1, 0.15) is 19.0 Å². The van der Waals surface area contributed by atoms with Crippen molar-refractivity contribution < 1.29 is 41.8 Å². The molecule has 0 spiro atoms. The summed E-state index contributed by atoms with van der Waals surface area (Å²) in [6.45, 7) is 1.46. The second-order valence-corrected chi connectivity index (χ2v) is 8.66. The zero-order chi connectivity index (χ0) is 29.8. The molecule has 3 aromatic rings. The number of hydrogen-bond donors (Lipinski definition) is 3. The highest BCUT2D eigenvalue weighted by molar-refractivity contribution is 5.89. The molecule has 3 N–H and O–H groups in total. The van der Waals surface area contributed by atoms with E-state index in [1.54, 1.807) is 49.5 Å². The van der Waals surface area contributed by atoms with Crippen LogP contribution in [0.3, 0.4) is 0 Å². The molecule has 1 aromatic heterocycles. The molecular formula is C28H27F3N4O6. The lowest BCUT2D eigenvalue weighted by molar-refractivity contribution is -0.202. The van der Waals surface area contributed by atoms with Crippen LogP contribution in [0, 0.1) is 6.92 Å². The van der Waals surface area contributed by atoms with Crippen LogP contribution in [0.15, 0.2) is 72.9 Å². The summed E-state index contributed by atoms with van der Waals surface area (Å²) in [5.41, 5.74) is 2.89. The Labute approximate surface area is 233 Å². The Kier molecular flexibility index (Phi) is 10.8. The van der Waals surface area contributed by atoms with E-state index in [4.69, 9.17) is 4.74 Å². The second kappa shape index (κ2) is 14.4. The van der Waals surface area contributed by atoms with Crippen molar-refractivity contribution >= 4 is 29.8 Å². The van der Waals surface area contributed by atoms with Gasteiger partial charge in [0.2, 0.25) is 5.91 Å². The van der Waals surface area contributed by atoms with E-state index < -0.39 is 49.1 Å². The van der Waals surface area contributed by atoms with Gasteiger partial charge in [-0.25, -0.2) is 14.6 Å². The number of alkyl halides is 3. The first-order valence-corrected chi connectivity index (χ1v) is 12.4. The van der Waals surface area contributed by atoms with Crippen molar-refractivity contribution in [2.24, 2.45) is 0 Å². The number of pyridine rings is 1. The average Bonchev–Trinajstić information content (AvgIpc) is 2.94. The summed E-state index contributed by atoms with van der Waals surface area (Å²) >= 11 is 0. The fraction of sp³-hybridized carbons (Fsp3) is 0.250. The summed E-state index contributed by atoms with van der Waals surface area (Å²) < 4.78 is 46.5. The Bertz CT molecular complexity index is 1350. The number of carbonyl (C=O) groups is 4. The highest BCUT2D eigenvalue weighted by Crippen LogP contribution is 2.28. The second-order valence-electron chi connectivity index (χ2n) is 8.66. The van der Waals surface area contributed by atoms with E-state index in [-0.39, 0.29) is 13.2 Å². The summed E-state index contributed by atoms with van der Waals surface area (Å²) in [4.78, 5) is 51.9. The lowest BCUT2D eigenvalue weighted by Crippen LogP contribution is -2.40. The highest BCUT2D eigenvalue weighted by Gasteiger charge is 2.42. The van der Waals surface area contributed by atoms with E-state index >= 15 is 0 Å². The standard InChI is InChI=1S/C28H27F3N4O6/c1-18-15-20(10-11-21(18)19-7-3-2-4-8-19)22(16-25(37)41-26(38)28(29,30)31)35-24(36)17-34-27(39)40-14-13-33-23-9-5-6-12-32-23/h2-12,15,22H,13-14,16-17H2,1H3,(H,32,33)(H,34,39)(H,35,36). The third-order valence-corrected chi connectivity index (χ3v) is 5.58. The van der Waals surface area contributed by atoms with Gasteiger partial charge >= 0.3 is 24.2 Å². The minimum atomic E-state index is -5.36. The fourth-order valence-corrected chi connectivity index (χ4v) is 3.71. The van der Waals surface area contributed by atoms with Gasteiger partial charge in [-0.3, -0.25) is 9.59 Å². The van der Waals surface area contributed by atoms with Gasteiger partial charge in [-0.1, -0.05) is 54.6 Å². The van der Waals surface area contributed by atoms with Crippen molar-refractivity contribution in [2.75, 3.05) is 25.0 Å². The van der Waals surface area contributed by atoms with Gasteiger partial charge in [-0.2, -0.15) is 13.2 Å². The number of nitrogens with zero attached hydrogens (tertiary/aromatic N) is 1. The maximum absolute atomic E-state index is 12.6. The van der Waals surface area contributed by atoms with E-state index in [0.29, 0.717) is 11.4 Å². The molecule has 13 heteroatoms. The number of amides is 2. The van der Waals surface area contributed by atoms with Crippen LogP contribution in [-0.2, 0) is 23.9 Å². The number of nitrogens with one attached hydrogen (secondary N) is 3. The predicted octanol–water partition coefficient (Wildman–Crippen LogP) is 4.07. The van der Waals surface area contributed by atoms with Gasteiger partial charge in [0, 0.05) is 6.20 Å². The molecule has 2 aromatic carbocycles. The number of ether oxygens (including phenoxy) is 2. The summed E-state index contributed by atoms with van der Waals surface area (Å²) in [6.07, 6.45) is -5.44. The fourth-order valence-electron chi connectivity index (χ4n) is 3.71. The molecule has 3 rings (SSSR count). The number of carbonyl (C=O) groups excluding carboxylic acids is 4. The van der Waals surface area contributed by atoms with Crippen LogP contribution in [-0.4, -0.2) is 54.8 Å². The van der Waals surface area contributed by atoms with Crippen LogP contribution in [0.2, 0.25) is 0 Å². The predicted molar refractivity (Wildman–Crippen MR) is 141 cm³/mol. The lowest BCUT2D eigenvalue weighted by Gasteiger charge is -2.20. The monoisotopic (exact) mass is 572 g/mol. The first kappa shape index (κ1) is 30.6. The molecule has 0 aliphatic heterocycles. The zero-order valence-corrected chi connectivity index (χ0v) is 21.9. The van der Waals surface area contributed by atoms with Crippen LogP contribution >= 0.6 is 0 Å². The summed E-state index contributed by atoms with van der Waals surface area (Å²) in [5.74, 6) is -4.33. The molecule has 0 saturated carbocycles. The molecule has 41 heavy (non-hydrogen) atoms. The topological polar surface area (TPSA) is 136 Å². The van der Waals surface area contributed by atoms with Gasteiger partial charge in [0.15, 0.2) is 0 Å². The molecule has 1 heterocycles. The van der Waals surface area contributed by atoms with Crippen molar-refractivity contribution in [3.8, 4) is 11.1 Å². The van der Waals surface area contributed by atoms with E-state index in [2.05, 4.69) is 25.7 Å². The first-order valence-electron chi connectivity index (χ1n) is 12.4. The van der Waals surface area contributed by atoms with Gasteiger partial charge in [0.25, 0.3) is 0 Å². The minimum absolute atomic E-state index is 0.0290. The van der Waals surface area contributed by atoms with Crippen LogP contribution < -0.4 is 16.0 Å². The number of aromatic nitrogens is 1. The van der Waals surface area contributed by atoms with E-state index in [1.807, 2.05) is 30.3 Å². The molecule has 0 bridgehead atoms. The van der Waals surface area contributed by atoms with Crippen molar-refractivity contribution in [3.05, 3.63) is 84.1 Å². The first-order chi connectivity index (χ1) is 19.5. The number of esters is 2. The van der Waals surface area contributed by atoms with Crippen molar-refractivity contribution in [1.82, 2.24) is 15.6 Å². The van der Waals surface area contributed by atoms with Crippen LogP contribution in [0.25, 0.3) is 11.1 Å². The van der Waals surface area contributed by atoms with Crippen LogP contribution in [0.5, 0.6) is 0 Å². The van der Waals surface area contributed by atoms with Gasteiger partial charge < -0.3 is 25.4 Å². The molecule has 2 amide bonds. The smallest absolute Gasteiger partial charge is 0.448 e. The van der Waals surface area contributed by atoms with Gasteiger partial charge in [0.05, 0.1) is 19.0 Å². The molecule has 0 radical (unpaired) electrons. The lowest BCUT2D eigenvalue weighted by atomic mass is 9.95. The zero-order valence-electron chi connectivity index (χ0n) is 21.9. The average molecular weight is 573 g/mol. The van der Waals surface area contributed by atoms with Crippen molar-refractivity contribution in [2.45, 2.75) is 25.6 Å². The van der Waals surface area contributed by atoms with Gasteiger partial charge in [-0.15, -0.1) is 0 Å². The van der Waals surface area contributed by atoms with Crippen LogP contribution in [0.4, 0.5) is 23.8 Å². The Balaban J connectivity index is 1.61. The Hall–Kier alpha value is -4.94. The number of anilines is 1. The Morgan fingerprint density at radius 1 is 0.976 bits per heavy atom. The Morgan fingerprint density at radius 3 is 2.37 bits per heavy atom. The van der Waals surface area contributed by atoms with Crippen molar-refractivity contribution in [3.63, 3.8) is 0 Å².